The summed E-state index contributed by atoms with van der Waals surface area (Å²) in [5.74, 6) is 0.779. The highest BCUT2D eigenvalue weighted by Crippen LogP contribution is 2.35. The molecule has 1 fully saturated rings. The van der Waals surface area contributed by atoms with Gasteiger partial charge in [0.15, 0.2) is 5.17 Å². The van der Waals surface area contributed by atoms with Crippen molar-refractivity contribution in [1.29, 1.82) is 0 Å². The Hall–Kier alpha value is -2.83. The Morgan fingerprint density at radius 1 is 1.00 bits per heavy atom. The minimum Gasteiger partial charge on any atom is -0.489 e. The first-order valence-electron chi connectivity index (χ1n) is 10.8. The topological polar surface area (TPSA) is 41.9 Å². The minimum atomic E-state index is -0.0111. The molecule has 0 atom stereocenters. The summed E-state index contributed by atoms with van der Waals surface area (Å²) in [6.07, 6.45) is 1.92. The average molecular weight is 521 g/mol. The van der Waals surface area contributed by atoms with E-state index in [4.69, 9.17) is 9.73 Å². The van der Waals surface area contributed by atoms with E-state index in [1.54, 1.807) is 4.90 Å². The van der Waals surface area contributed by atoms with Crippen molar-refractivity contribution in [3.63, 3.8) is 0 Å². The van der Waals surface area contributed by atoms with Gasteiger partial charge in [-0.15, -0.1) is 0 Å². The molecule has 33 heavy (non-hydrogen) atoms. The van der Waals surface area contributed by atoms with Crippen molar-refractivity contribution in [2.24, 2.45) is 4.99 Å². The number of thioether (sulfide) groups is 1. The van der Waals surface area contributed by atoms with Crippen molar-refractivity contribution in [3.05, 3.63) is 98.4 Å². The second-order valence-corrected chi connectivity index (χ2v) is 9.70. The van der Waals surface area contributed by atoms with Gasteiger partial charge < -0.3 is 4.74 Å². The second kappa shape index (κ2) is 10.4. The maximum absolute atomic E-state index is 13.0. The van der Waals surface area contributed by atoms with Crippen molar-refractivity contribution < 1.29 is 9.53 Å². The molecule has 1 heterocycles. The predicted octanol–water partition coefficient (Wildman–Crippen LogP) is 7.27. The molecule has 0 spiro atoms. The van der Waals surface area contributed by atoms with Crippen LogP contribution in [0.4, 0.5) is 5.69 Å². The monoisotopic (exact) mass is 520 g/mol. The lowest BCUT2D eigenvalue weighted by Gasteiger charge is -2.13. The lowest BCUT2D eigenvalue weighted by atomic mass is 10.1. The fourth-order valence-corrected chi connectivity index (χ4v) is 4.82. The fraction of sp³-hybridized carbons (Fsp3) is 0.185. The van der Waals surface area contributed by atoms with Crippen LogP contribution in [-0.4, -0.2) is 22.5 Å². The molecule has 0 aromatic heterocycles. The number of amides is 1. The van der Waals surface area contributed by atoms with Gasteiger partial charge in [-0.2, -0.15) is 0 Å². The number of likely N-dealkylation sites (N-methyl/N-ethyl adjacent to an activating group) is 1. The molecule has 3 aromatic carbocycles. The van der Waals surface area contributed by atoms with Crippen molar-refractivity contribution in [2.75, 3.05) is 6.54 Å². The van der Waals surface area contributed by atoms with Crippen molar-refractivity contribution in [3.8, 4) is 5.75 Å². The molecule has 3 aromatic rings. The first-order valence-corrected chi connectivity index (χ1v) is 12.4. The normalized spacial score (nSPS) is 16.1. The highest BCUT2D eigenvalue weighted by Gasteiger charge is 2.32. The summed E-state index contributed by atoms with van der Waals surface area (Å²) in [4.78, 5) is 20.2. The number of nitrogens with zero attached hydrogens (tertiary/aromatic N) is 2. The number of amidine groups is 1. The molecular weight excluding hydrogens is 496 g/mol. The Morgan fingerprint density at radius 2 is 1.67 bits per heavy atom. The molecule has 0 aliphatic carbocycles. The molecule has 1 saturated heterocycles. The number of hydrogen-bond donors (Lipinski definition) is 0. The van der Waals surface area contributed by atoms with Gasteiger partial charge in [0.1, 0.15) is 12.4 Å². The number of rotatable bonds is 6. The van der Waals surface area contributed by atoms with Crippen LogP contribution in [0.5, 0.6) is 5.75 Å². The quantitative estimate of drug-likeness (QED) is 0.321. The van der Waals surface area contributed by atoms with Gasteiger partial charge in [0.25, 0.3) is 5.91 Å². The third-order valence-electron chi connectivity index (χ3n) is 5.35. The summed E-state index contributed by atoms with van der Waals surface area (Å²) in [5, 5.41) is 0.723. The van der Waals surface area contributed by atoms with Crippen molar-refractivity contribution >= 4 is 50.5 Å². The minimum absolute atomic E-state index is 0.0111. The smallest absolute Gasteiger partial charge is 0.266 e. The first-order chi connectivity index (χ1) is 15.9. The molecule has 0 radical (unpaired) electrons. The third-order valence-corrected chi connectivity index (χ3v) is 6.88. The highest BCUT2D eigenvalue weighted by atomic mass is 79.9. The molecule has 6 heteroatoms. The van der Waals surface area contributed by atoms with Crippen LogP contribution in [0, 0.1) is 13.8 Å². The highest BCUT2D eigenvalue weighted by molar-refractivity contribution is 9.10. The van der Waals surface area contributed by atoms with E-state index in [1.807, 2.05) is 93.6 Å². The van der Waals surface area contributed by atoms with Crippen LogP contribution < -0.4 is 4.74 Å². The number of aryl methyl sites for hydroxylation is 2. The van der Waals surface area contributed by atoms with Gasteiger partial charge in [0.05, 0.1) is 10.6 Å². The van der Waals surface area contributed by atoms with E-state index in [0.717, 1.165) is 43.3 Å². The molecule has 1 amide bonds. The maximum Gasteiger partial charge on any atom is 0.266 e. The van der Waals surface area contributed by atoms with Gasteiger partial charge >= 0.3 is 0 Å². The number of carbonyl (C=O) groups is 1. The molecule has 0 saturated carbocycles. The summed E-state index contributed by atoms with van der Waals surface area (Å²) >= 11 is 4.87. The number of carbonyl (C=O) groups excluding carboxylic acids is 1. The molecule has 0 N–H and O–H groups in total. The van der Waals surface area contributed by atoms with Crippen LogP contribution in [0.1, 0.15) is 29.2 Å². The molecule has 4 nitrogen and oxygen atoms in total. The Morgan fingerprint density at radius 3 is 2.30 bits per heavy atom. The van der Waals surface area contributed by atoms with Crippen molar-refractivity contribution in [2.45, 2.75) is 27.4 Å². The molecule has 4 rings (SSSR count). The second-order valence-electron chi connectivity index (χ2n) is 7.78. The lowest BCUT2D eigenvalue weighted by molar-refractivity contribution is -0.122. The summed E-state index contributed by atoms with van der Waals surface area (Å²) in [5.41, 5.74) is 5.18. The van der Waals surface area contributed by atoms with Crippen LogP contribution in [0.15, 0.2) is 81.1 Å². The number of benzene rings is 3. The van der Waals surface area contributed by atoms with Crippen LogP contribution in [0.25, 0.3) is 6.08 Å². The van der Waals surface area contributed by atoms with E-state index in [1.165, 1.54) is 11.8 Å². The molecule has 0 unspecified atom stereocenters. The van der Waals surface area contributed by atoms with Crippen LogP contribution in [-0.2, 0) is 11.4 Å². The zero-order valence-corrected chi connectivity index (χ0v) is 21.2. The Bertz CT molecular complexity index is 1200. The largest absolute Gasteiger partial charge is 0.489 e. The van der Waals surface area contributed by atoms with Gasteiger partial charge in [-0.25, -0.2) is 4.99 Å². The predicted molar refractivity (Wildman–Crippen MR) is 141 cm³/mol. The number of halogens is 1. The number of aliphatic imine (C=N–C) groups is 1. The van der Waals surface area contributed by atoms with Gasteiger partial charge in [-0.3, -0.25) is 9.69 Å². The SMILES string of the molecule is CCN1C(=O)/C(=C\c2ccc(OCc3ccc(Br)cc3)cc2)SC1=Nc1c(C)cccc1C. The van der Waals surface area contributed by atoms with E-state index in [0.29, 0.717) is 18.1 Å². The summed E-state index contributed by atoms with van der Waals surface area (Å²) < 4.78 is 6.93. The zero-order valence-electron chi connectivity index (χ0n) is 18.8. The molecule has 1 aliphatic rings. The van der Waals surface area contributed by atoms with Crippen LogP contribution in [0.3, 0.4) is 0 Å². The standard InChI is InChI=1S/C27H25BrN2O2S/c1-4-30-26(31)24(33-27(30)29-25-18(2)6-5-7-19(25)3)16-20-10-14-23(15-11-20)32-17-21-8-12-22(28)13-9-21/h5-16H,4,17H2,1-3H3/b24-16+,29-27?. The molecular formula is C27H25BrN2O2S. The van der Waals surface area contributed by atoms with Gasteiger partial charge in [0.2, 0.25) is 0 Å². The third kappa shape index (κ3) is 5.57. The van der Waals surface area contributed by atoms with Gasteiger partial charge in [-0.1, -0.05) is 58.4 Å². The number of ether oxygens (including phenoxy) is 1. The number of para-hydroxylation sites is 1. The number of hydrogen-bond acceptors (Lipinski definition) is 4. The zero-order chi connectivity index (χ0) is 23.4. The summed E-state index contributed by atoms with van der Waals surface area (Å²) in [7, 11) is 0. The van der Waals surface area contributed by atoms with Crippen LogP contribution in [0.2, 0.25) is 0 Å². The van der Waals surface area contributed by atoms with E-state index in [-0.39, 0.29) is 5.91 Å². The molecule has 168 valence electrons. The lowest BCUT2D eigenvalue weighted by Crippen LogP contribution is -2.28. The summed E-state index contributed by atoms with van der Waals surface area (Å²) in [6, 6.07) is 22.0. The van der Waals surface area contributed by atoms with Crippen molar-refractivity contribution in [1.82, 2.24) is 4.90 Å². The first kappa shape index (κ1) is 23.3. The molecule has 1 aliphatic heterocycles. The Balaban J connectivity index is 1.49. The van der Waals surface area contributed by atoms with Crippen LogP contribution >= 0.6 is 27.7 Å². The van der Waals surface area contributed by atoms with Gasteiger partial charge in [-0.05, 0) is 85.1 Å². The molecule has 0 bridgehead atoms. The van der Waals surface area contributed by atoms with E-state index in [9.17, 15) is 4.79 Å². The average Bonchev–Trinajstić information content (AvgIpc) is 3.10. The van der Waals surface area contributed by atoms with E-state index >= 15 is 0 Å². The van der Waals surface area contributed by atoms with E-state index in [2.05, 4.69) is 15.9 Å². The maximum atomic E-state index is 13.0. The van der Waals surface area contributed by atoms with E-state index < -0.39 is 0 Å². The summed E-state index contributed by atoms with van der Waals surface area (Å²) in [6.45, 7) is 7.14. The Kier molecular flexibility index (Phi) is 7.36. The fourth-order valence-electron chi connectivity index (χ4n) is 3.51. The van der Waals surface area contributed by atoms with Gasteiger partial charge in [0, 0.05) is 11.0 Å². The Labute approximate surface area is 207 Å².